The topological polar surface area (TPSA) is 93.7 Å². The third-order valence-electron chi connectivity index (χ3n) is 3.99. The van der Waals surface area contributed by atoms with Crippen LogP contribution in [0.3, 0.4) is 0 Å². The minimum absolute atomic E-state index is 0.0426. The molecule has 2 aromatic rings. The minimum atomic E-state index is -3.76. The van der Waals surface area contributed by atoms with Crippen LogP contribution in [-0.2, 0) is 16.4 Å². The van der Waals surface area contributed by atoms with Crippen molar-refractivity contribution < 1.29 is 22.7 Å². The maximum atomic E-state index is 12.5. The highest BCUT2D eigenvalue weighted by molar-refractivity contribution is 7.89. The van der Waals surface area contributed by atoms with Crippen molar-refractivity contribution in [3.05, 3.63) is 53.6 Å². The van der Waals surface area contributed by atoms with Crippen molar-refractivity contribution >= 4 is 15.9 Å². The van der Waals surface area contributed by atoms with Crippen molar-refractivity contribution in [3.8, 4) is 11.5 Å². The molecule has 1 amide bonds. The van der Waals surface area contributed by atoms with Crippen LogP contribution in [-0.4, -0.2) is 41.1 Å². The van der Waals surface area contributed by atoms with Gasteiger partial charge >= 0.3 is 0 Å². The van der Waals surface area contributed by atoms with Gasteiger partial charge in [-0.15, -0.1) is 0 Å². The third-order valence-corrected chi connectivity index (χ3v) is 5.55. The molecule has 0 aliphatic heterocycles. The van der Waals surface area contributed by atoms with E-state index in [0.717, 1.165) is 11.3 Å². The summed E-state index contributed by atoms with van der Waals surface area (Å²) >= 11 is 0. The lowest BCUT2D eigenvalue weighted by Crippen LogP contribution is -2.27. The molecule has 7 nitrogen and oxygen atoms in total. The molecule has 0 unspecified atom stereocenters. The fourth-order valence-corrected chi connectivity index (χ4v) is 3.83. The Morgan fingerprint density at radius 1 is 1.07 bits per heavy atom. The molecule has 2 aromatic carbocycles. The maximum absolute atomic E-state index is 12.5. The molecule has 0 saturated heterocycles. The fourth-order valence-electron chi connectivity index (χ4n) is 2.62. The Labute approximate surface area is 166 Å². The van der Waals surface area contributed by atoms with Gasteiger partial charge in [0.25, 0.3) is 5.91 Å². The molecule has 0 spiro atoms. The highest BCUT2D eigenvalue weighted by Gasteiger charge is 2.21. The van der Waals surface area contributed by atoms with Gasteiger partial charge in [-0.3, -0.25) is 4.79 Å². The fraction of sp³-hybridized carbons (Fsp3) is 0.350. The summed E-state index contributed by atoms with van der Waals surface area (Å²) in [6.07, 6.45) is 0.648. The predicted molar refractivity (Wildman–Crippen MR) is 108 cm³/mol. The third kappa shape index (κ3) is 5.71. The standard InChI is InChI=1S/C20H26N2O5S/c1-4-22-28(24,25)19-14-16(8-11-18(19)27-5-2)20(23)21-13-12-15-6-9-17(26-3)10-7-15/h6-11,14,22H,4-5,12-13H2,1-3H3,(H,21,23). The number of benzene rings is 2. The van der Waals surface area contributed by atoms with Gasteiger partial charge in [0.2, 0.25) is 10.0 Å². The molecule has 2 rings (SSSR count). The van der Waals surface area contributed by atoms with E-state index in [-0.39, 0.29) is 28.7 Å². The van der Waals surface area contributed by atoms with Gasteiger partial charge in [0.15, 0.2) is 0 Å². The normalized spacial score (nSPS) is 11.1. The highest BCUT2D eigenvalue weighted by atomic mass is 32.2. The maximum Gasteiger partial charge on any atom is 0.251 e. The number of hydrogen-bond acceptors (Lipinski definition) is 5. The first kappa shape index (κ1) is 21.7. The summed E-state index contributed by atoms with van der Waals surface area (Å²) < 4.78 is 37.8. The van der Waals surface area contributed by atoms with Gasteiger partial charge in [-0.1, -0.05) is 19.1 Å². The van der Waals surface area contributed by atoms with Gasteiger partial charge in [0.05, 0.1) is 13.7 Å². The number of methoxy groups -OCH3 is 1. The van der Waals surface area contributed by atoms with Crippen LogP contribution >= 0.6 is 0 Å². The second-order valence-corrected chi connectivity index (χ2v) is 7.69. The van der Waals surface area contributed by atoms with Crippen LogP contribution in [0.15, 0.2) is 47.4 Å². The van der Waals surface area contributed by atoms with Crippen LogP contribution < -0.4 is 19.5 Å². The number of ether oxygens (including phenoxy) is 2. The molecular weight excluding hydrogens is 380 g/mol. The Morgan fingerprint density at radius 2 is 1.79 bits per heavy atom. The van der Waals surface area contributed by atoms with Crippen LogP contribution in [0.1, 0.15) is 29.8 Å². The Kier molecular flexibility index (Phi) is 7.83. The van der Waals surface area contributed by atoms with Crippen LogP contribution in [0.25, 0.3) is 0 Å². The average Bonchev–Trinajstić information content (AvgIpc) is 2.69. The SMILES string of the molecule is CCNS(=O)(=O)c1cc(C(=O)NCCc2ccc(OC)cc2)ccc1OCC. The Morgan fingerprint density at radius 3 is 2.39 bits per heavy atom. The monoisotopic (exact) mass is 406 g/mol. The van der Waals surface area contributed by atoms with Crippen molar-refractivity contribution in [1.29, 1.82) is 0 Å². The zero-order chi connectivity index (χ0) is 20.6. The summed E-state index contributed by atoms with van der Waals surface area (Å²) in [5, 5.41) is 2.81. The van der Waals surface area contributed by atoms with Gasteiger partial charge in [-0.2, -0.15) is 0 Å². The Balaban J connectivity index is 2.09. The van der Waals surface area contributed by atoms with Crippen molar-refractivity contribution in [1.82, 2.24) is 10.0 Å². The molecule has 0 fully saturated rings. The molecule has 0 saturated carbocycles. The van der Waals surface area contributed by atoms with Crippen LogP contribution in [0.4, 0.5) is 0 Å². The van der Waals surface area contributed by atoms with E-state index in [1.54, 1.807) is 27.0 Å². The second-order valence-electron chi connectivity index (χ2n) is 5.95. The first-order valence-corrected chi connectivity index (χ1v) is 10.6. The highest BCUT2D eigenvalue weighted by Crippen LogP contribution is 2.25. The Bertz CT molecular complexity index is 895. The number of nitrogens with one attached hydrogen (secondary N) is 2. The Hall–Kier alpha value is -2.58. The minimum Gasteiger partial charge on any atom is -0.497 e. The lowest BCUT2D eigenvalue weighted by molar-refractivity contribution is 0.0954. The molecule has 0 radical (unpaired) electrons. The smallest absolute Gasteiger partial charge is 0.251 e. The molecule has 8 heteroatoms. The molecule has 28 heavy (non-hydrogen) atoms. The van der Waals surface area contributed by atoms with E-state index >= 15 is 0 Å². The molecule has 0 bridgehead atoms. The number of sulfonamides is 1. The average molecular weight is 407 g/mol. The number of carbonyl (C=O) groups excluding carboxylic acids is 1. The summed E-state index contributed by atoms with van der Waals surface area (Å²) in [5.41, 5.74) is 1.32. The number of hydrogen-bond donors (Lipinski definition) is 2. The van der Waals surface area contributed by atoms with E-state index in [2.05, 4.69) is 10.0 Å². The van der Waals surface area contributed by atoms with E-state index < -0.39 is 10.0 Å². The number of amides is 1. The summed E-state index contributed by atoms with van der Waals surface area (Å²) in [6, 6.07) is 12.0. The number of rotatable bonds is 10. The summed E-state index contributed by atoms with van der Waals surface area (Å²) in [6.45, 7) is 4.44. The van der Waals surface area contributed by atoms with E-state index in [9.17, 15) is 13.2 Å². The van der Waals surface area contributed by atoms with Gasteiger partial charge in [-0.05, 0) is 49.2 Å². The van der Waals surface area contributed by atoms with Gasteiger partial charge in [0.1, 0.15) is 16.4 Å². The van der Waals surface area contributed by atoms with Crippen LogP contribution in [0.5, 0.6) is 11.5 Å². The van der Waals surface area contributed by atoms with Crippen LogP contribution in [0, 0.1) is 0 Å². The lowest BCUT2D eigenvalue weighted by Gasteiger charge is -2.13. The van der Waals surface area contributed by atoms with E-state index in [1.807, 2.05) is 24.3 Å². The summed E-state index contributed by atoms with van der Waals surface area (Å²) in [7, 11) is -2.15. The van der Waals surface area contributed by atoms with Gasteiger partial charge in [-0.25, -0.2) is 13.1 Å². The largest absolute Gasteiger partial charge is 0.497 e. The van der Waals surface area contributed by atoms with E-state index in [4.69, 9.17) is 9.47 Å². The zero-order valence-corrected chi connectivity index (χ0v) is 17.1. The first-order chi connectivity index (χ1) is 13.4. The summed E-state index contributed by atoms with van der Waals surface area (Å²) in [4.78, 5) is 12.4. The molecule has 0 aliphatic rings. The molecule has 0 atom stereocenters. The summed E-state index contributed by atoms with van der Waals surface area (Å²) in [5.74, 6) is 0.652. The number of carbonyl (C=O) groups is 1. The van der Waals surface area contributed by atoms with Crippen molar-refractivity contribution in [2.75, 3.05) is 26.8 Å². The van der Waals surface area contributed by atoms with Crippen molar-refractivity contribution in [3.63, 3.8) is 0 Å². The predicted octanol–water partition coefficient (Wildman–Crippen LogP) is 2.36. The molecule has 0 heterocycles. The molecule has 0 aromatic heterocycles. The van der Waals surface area contributed by atoms with Crippen molar-refractivity contribution in [2.45, 2.75) is 25.2 Å². The molecule has 2 N–H and O–H groups in total. The molecule has 152 valence electrons. The van der Waals surface area contributed by atoms with Crippen molar-refractivity contribution in [2.24, 2.45) is 0 Å². The first-order valence-electron chi connectivity index (χ1n) is 9.09. The van der Waals surface area contributed by atoms with E-state index in [1.165, 1.54) is 12.1 Å². The van der Waals surface area contributed by atoms with E-state index in [0.29, 0.717) is 19.6 Å². The molecule has 0 aliphatic carbocycles. The van der Waals surface area contributed by atoms with Crippen LogP contribution in [0.2, 0.25) is 0 Å². The zero-order valence-electron chi connectivity index (χ0n) is 16.3. The molecular formula is C20H26N2O5S. The second kappa shape index (κ2) is 10.1. The van der Waals surface area contributed by atoms with Gasteiger partial charge in [0, 0.05) is 18.7 Å². The quantitative estimate of drug-likeness (QED) is 0.632. The van der Waals surface area contributed by atoms with Gasteiger partial charge < -0.3 is 14.8 Å². The lowest BCUT2D eigenvalue weighted by atomic mass is 10.1.